The second kappa shape index (κ2) is 6.30. The molecule has 3 unspecified atom stereocenters. The molecule has 4 fully saturated rings. The van der Waals surface area contributed by atoms with Crippen LogP contribution in [0.3, 0.4) is 0 Å². The Bertz CT molecular complexity index is 865. The van der Waals surface area contributed by atoms with Gasteiger partial charge in [-0.25, -0.2) is 4.79 Å². The van der Waals surface area contributed by atoms with Crippen molar-refractivity contribution in [2.45, 2.75) is 50.2 Å². The van der Waals surface area contributed by atoms with E-state index in [0.717, 1.165) is 55.5 Å². The number of amides is 2. The smallest absolute Gasteiger partial charge is 0.312 e. The Morgan fingerprint density at radius 1 is 1.25 bits per heavy atom. The van der Waals surface area contributed by atoms with Gasteiger partial charge in [0.05, 0.1) is 29.1 Å². The maximum absolute atomic E-state index is 12.8. The van der Waals surface area contributed by atoms with E-state index in [1.54, 1.807) is 6.20 Å². The number of fused-ring (bicyclic) bond motifs is 1. The summed E-state index contributed by atoms with van der Waals surface area (Å²) in [5.74, 6) is 1.28. The van der Waals surface area contributed by atoms with Crippen LogP contribution < -0.4 is 16.4 Å². The van der Waals surface area contributed by atoms with Crippen LogP contribution in [-0.2, 0) is 6.42 Å². The number of hydrogen-bond acceptors (Lipinski definition) is 5. The summed E-state index contributed by atoms with van der Waals surface area (Å²) in [7, 11) is 0. The van der Waals surface area contributed by atoms with E-state index in [0.29, 0.717) is 23.3 Å². The number of urea groups is 1. The first-order valence-corrected chi connectivity index (χ1v) is 10.2. The molecule has 7 nitrogen and oxygen atoms in total. The van der Waals surface area contributed by atoms with Crippen molar-refractivity contribution in [2.24, 2.45) is 23.5 Å². The van der Waals surface area contributed by atoms with Crippen molar-refractivity contribution in [3.63, 3.8) is 0 Å². The second-order valence-corrected chi connectivity index (χ2v) is 9.02. The Morgan fingerprint density at radius 2 is 2.00 bits per heavy atom. The van der Waals surface area contributed by atoms with Gasteiger partial charge in [-0.05, 0) is 49.9 Å². The molecule has 0 aromatic carbocycles. The Kier molecular flexibility index (Phi) is 3.98. The second-order valence-electron chi connectivity index (χ2n) is 9.02. The molecular formula is C21H26N4O3. The molecule has 0 aliphatic heterocycles. The number of carbonyl (C=O) groups is 2. The molecule has 6 rings (SSSR count). The van der Waals surface area contributed by atoms with Crippen molar-refractivity contribution < 1.29 is 14.7 Å². The first-order chi connectivity index (χ1) is 13.4. The summed E-state index contributed by atoms with van der Waals surface area (Å²) >= 11 is 0. The van der Waals surface area contributed by atoms with Crippen molar-refractivity contribution in [1.29, 1.82) is 0 Å². The minimum atomic E-state index is -0.717. The van der Waals surface area contributed by atoms with Crippen LogP contribution in [0, 0.1) is 17.8 Å². The quantitative estimate of drug-likeness (QED) is 0.580. The van der Waals surface area contributed by atoms with Crippen molar-refractivity contribution in [2.75, 3.05) is 11.9 Å². The number of anilines is 1. The lowest BCUT2D eigenvalue weighted by molar-refractivity contribution is -0.129. The Morgan fingerprint density at radius 3 is 2.68 bits per heavy atom. The minimum Gasteiger partial charge on any atom is -0.390 e. The zero-order valence-electron chi connectivity index (χ0n) is 15.8. The summed E-state index contributed by atoms with van der Waals surface area (Å²) in [6.45, 7) is -0.145. The van der Waals surface area contributed by atoms with E-state index in [-0.39, 0.29) is 18.4 Å². The number of allylic oxidation sites excluding steroid dienone is 1. The van der Waals surface area contributed by atoms with Crippen LogP contribution in [0.5, 0.6) is 0 Å². The van der Waals surface area contributed by atoms with Crippen molar-refractivity contribution in [3.8, 4) is 0 Å². The predicted molar refractivity (Wildman–Crippen MR) is 105 cm³/mol. The number of ketones is 1. The van der Waals surface area contributed by atoms with Gasteiger partial charge in [0.25, 0.3) is 0 Å². The number of aliphatic hydroxyl groups is 1. The third kappa shape index (κ3) is 2.89. The molecule has 5 N–H and O–H groups in total. The van der Waals surface area contributed by atoms with E-state index in [1.165, 1.54) is 0 Å². The number of nitrogens with zero attached hydrogens (tertiary/aromatic N) is 1. The van der Waals surface area contributed by atoms with Gasteiger partial charge in [0, 0.05) is 24.2 Å². The molecule has 1 aromatic heterocycles. The van der Waals surface area contributed by atoms with Crippen LogP contribution in [-0.4, -0.2) is 40.1 Å². The fourth-order valence-electron chi connectivity index (χ4n) is 6.21. The predicted octanol–water partition coefficient (Wildman–Crippen LogP) is 1.85. The third-order valence-electron chi connectivity index (χ3n) is 7.07. The Labute approximate surface area is 163 Å². The van der Waals surface area contributed by atoms with E-state index < -0.39 is 11.6 Å². The zero-order chi connectivity index (χ0) is 19.5. The molecule has 5 atom stereocenters. The molecule has 5 aliphatic carbocycles. The van der Waals surface area contributed by atoms with Crippen molar-refractivity contribution in [3.05, 3.63) is 29.1 Å². The molecule has 4 bridgehead atoms. The van der Waals surface area contributed by atoms with Gasteiger partial charge in [0.1, 0.15) is 0 Å². The number of carbonyl (C=O) groups excluding carboxylic acids is 2. The van der Waals surface area contributed by atoms with Gasteiger partial charge in [-0.2, -0.15) is 0 Å². The summed E-state index contributed by atoms with van der Waals surface area (Å²) in [4.78, 5) is 28.2. The van der Waals surface area contributed by atoms with Gasteiger partial charge < -0.3 is 21.5 Å². The molecule has 0 saturated heterocycles. The summed E-state index contributed by atoms with van der Waals surface area (Å²) in [5, 5.41) is 16.9. The maximum atomic E-state index is 12.8. The minimum absolute atomic E-state index is 0.145. The molecule has 2 amide bonds. The Balaban J connectivity index is 1.46. The number of rotatable bonds is 5. The van der Waals surface area contributed by atoms with Gasteiger partial charge >= 0.3 is 6.03 Å². The highest BCUT2D eigenvalue weighted by atomic mass is 16.3. The van der Waals surface area contributed by atoms with Crippen LogP contribution in [0.4, 0.5) is 10.5 Å². The summed E-state index contributed by atoms with van der Waals surface area (Å²) in [6, 6.07) is -0.459. The third-order valence-corrected chi connectivity index (χ3v) is 7.07. The molecule has 1 heterocycles. The van der Waals surface area contributed by atoms with E-state index in [4.69, 9.17) is 5.73 Å². The van der Waals surface area contributed by atoms with Crippen LogP contribution in [0.15, 0.2) is 12.3 Å². The number of primary amides is 1. The molecular weight excluding hydrogens is 356 g/mol. The first kappa shape index (κ1) is 17.7. The summed E-state index contributed by atoms with van der Waals surface area (Å²) in [5.41, 5.74) is 7.88. The van der Waals surface area contributed by atoms with Crippen molar-refractivity contribution >= 4 is 23.6 Å². The fraction of sp³-hybridized carbons (Fsp3) is 0.571. The molecule has 0 spiro atoms. The number of pyridine rings is 1. The monoisotopic (exact) mass is 382 g/mol. The highest BCUT2D eigenvalue weighted by molar-refractivity contribution is 6.05. The standard InChI is InChI=1S/C21H26N4O3/c22-20(27)24-10-17(26)15-9-23-16-3-1-2-14(16)19(15)25-18-12-4-11-5-13(18)8-21(28,6-11)7-12/h1-2,9,11-13,18,28H,3-8,10H2,(H,23,25)(H3,22,24,27)/t11?,12-,13+,18?,21?. The lowest BCUT2D eigenvalue weighted by Crippen LogP contribution is -2.59. The Hall–Kier alpha value is -2.41. The van der Waals surface area contributed by atoms with Gasteiger partial charge in [0.15, 0.2) is 5.78 Å². The van der Waals surface area contributed by atoms with Crippen LogP contribution in [0.1, 0.15) is 53.7 Å². The molecule has 1 aromatic rings. The van der Waals surface area contributed by atoms with E-state index in [1.807, 2.05) is 6.08 Å². The highest BCUT2D eigenvalue weighted by Gasteiger charge is 2.54. The number of nitrogens with one attached hydrogen (secondary N) is 2. The summed E-state index contributed by atoms with van der Waals surface area (Å²) < 4.78 is 0. The first-order valence-electron chi connectivity index (χ1n) is 10.2. The maximum Gasteiger partial charge on any atom is 0.312 e. The highest BCUT2D eigenvalue weighted by Crippen LogP contribution is 2.56. The molecule has 148 valence electrons. The number of Topliss-reactive ketones (excluding diaryl/α,β-unsaturated/α-hetero) is 1. The zero-order valence-corrected chi connectivity index (χ0v) is 15.8. The fourth-order valence-corrected chi connectivity index (χ4v) is 6.21. The molecule has 0 radical (unpaired) electrons. The van der Waals surface area contributed by atoms with Gasteiger partial charge in [0.2, 0.25) is 0 Å². The number of hydrogen-bond donors (Lipinski definition) is 4. The SMILES string of the molecule is NC(=O)NCC(=O)c1cnc2c(c1NC1[C@@H]3CC4C[C@H]1CC(O)(C4)C3)C=CC2. The van der Waals surface area contributed by atoms with E-state index >= 15 is 0 Å². The molecule has 5 aliphatic rings. The lowest BCUT2D eigenvalue weighted by Gasteiger charge is -2.58. The van der Waals surface area contributed by atoms with Crippen LogP contribution >= 0.6 is 0 Å². The molecule has 4 saturated carbocycles. The van der Waals surface area contributed by atoms with Gasteiger partial charge in [-0.15, -0.1) is 0 Å². The molecule has 7 heteroatoms. The number of aromatic nitrogens is 1. The average Bonchev–Trinajstić information content (AvgIpc) is 3.10. The van der Waals surface area contributed by atoms with Crippen LogP contribution in [0.2, 0.25) is 0 Å². The topological polar surface area (TPSA) is 117 Å². The average molecular weight is 382 g/mol. The van der Waals surface area contributed by atoms with E-state index in [2.05, 4.69) is 21.7 Å². The van der Waals surface area contributed by atoms with Gasteiger partial charge in [-0.1, -0.05) is 12.2 Å². The summed E-state index contributed by atoms with van der Waals surface area (Å²) in [6.07, 6.45) is 11.4. The largest absolute Gasteiger partial charge is 0.390 e. The van der Waals surface area contributed by atoms with E-state index in [9.17, 15) is 14.7 Å². The number of nitrogens with two attached hydrogens (primary N) is 1. The van der Waals surface area contributed by atoms with Crippen LogP contribution in [0.25, 0.3) is 6.08 Å². The normalized spacial score (nSPS) is 34.3. The van der Waals surface area contributed by atoms with Crippen molar-refractivity contribution in [1.82, 2.24) is 10.3 Å². The lowest BCUT2D eigenvalue weighted by atomic mass is 9.52. The van der Waals surface area contributed by atoms with Gasteiger partial charge in [-0.3, -0.25) is 9.78 Å². The molecule has 28 heavy (non-hydrogen) atoms.